The molecule has 0 aliphatic carbocycles. The second kappa shape index (κ2) is 13.0. The van der Waals surface area contributed by atoms with E-state index in [1.807, 2.05) is 23.1 Å². The topological polar surface area (TPSA) is 136 Å². The summed E-state index contributed by atoms with van der Waals surface area (Å²) in [7, 11) is 0. The summed E-state index contributed by atoms with van der Waals surface area (Å²) in [6.07, 6.45) is -0.00256. The molecule has 1 atom stereocenters. The summed E-state index contributed by atoms with van der Waals surface area (Å²) in [5, 5.41) is 13.3. The third kappa shape index (κ3) is 7.38. The van der Waals surface area contributed by atoms with Gasteiger partial charge in [0.2, 0.25) is 5.54 Å². The van der Waals surface area contributed by atoms with Crippen molar-refractivity contribution < 1.29 is 19.1 Å². The van der Waals surface area contributed by atoms with Crippen molar-refractivity contribution in [3.05, 3.63) is 66.0 Å². The number of alkyl halides is 2. The van der Waals surface area contributed by atoms with Gasteiger partial charge in [-0.1, -0.05) is 30.3 Å². The molecule has 1 aromatic heterocycles. The maximum Gasteiger partial charge on any atom is 0.343 e. The summed E-state index contributed by atoms with van der Waals surface area (Å²) in [5.41, 5.74) is 5.84. The van der Waals surface area contributed by atoms with Crippen molar-refractivity contribution >= 4 is 40.8 Å². The van der Waals surface area contributed by atoms with Crippen LogP contribution in [-0.4, -0.2) is 63.0 Å². The van der Waals surface area contributed by atoms with Crippen molar-refractivity contribution in [2.75, 3.05) is 29.7 Å². The van der Waals surface area contributed by atoms with Gasteiger partial charge in [-0.25, -0.2) is 14.7 Å². The van der Waals surface area contributed by atoms with Gasteiger partial charge in [-0.05, 0) is 46.7 Å². The van der Waals surface area contributed by atoms with Gasteiger partial charge in [-0.3, -0.25) is 0 Å². The lowest BCUT2D eigenvalue weighted by Gasteiger charge is -2.25. The van der Waals surface area contributed by atoms with E-state index in [1.54, 1.807) is 36.4 Å². The summed E-state index contributed by atoms with van der Waals surface area (Å²) in [6.45, 7) is 1.19. The van der Waals surface area contributed by atoms with E-state index in [1.165, 1.54) is 0 Å². The predicted molar refractivity (Wildman–Crippen MR) is 131 cm³/mol. The van der Waals surface area contributed by atoms with Gasteiger partial charge in [0, 0.05) is 37.0 Å². The Morgan fingerprint density at radius 1 is 1.00 bits per heavy atom. The van der Waals surface area contributed by atoms with Crippen LogP contribution >= 0.6 is 23.2 Å². The van der Waals surface area contributed by atoms with Crippen LogP contribution in [0.1, 0.15) is 17.8 Å². The number of nitrogens with zero attached hydrogens (tertiary/aromatic N) is 4. The van der Waals surface area contributed by atoms with E-state index in [2.05, 4.69) is 20.6 Å². The van der Waals surface area contributed by atoms with Crippen LogP contribution in [0, 0.1) is 0 Å². The molecule has 0 fully saturated rings. The zero-order chi connectivity index (χ0) is 25.1. The molecule has 0 aliphatic rings. The molecule has 0 bridgehead atoms. The van der Waals surface area contributed by atoms with E-state index in [0.717, 1.165) is 11.3 Å². The Morgan fingerprint density at radius 3 is 2.29 bits per heavy atom. The van der Waals surface area contributed by atoms with E-state index < -0.39 is 17.5 Å². The van der Waals surface area contributed by atoms with Crippen LogP contribution in [0.25, 0.3) is 0 Å². The third-order valence-corrected chi connectivity index (χ3v) is 5.55. The molecule has 1 unspecified atom stereocenters. The van der Waals surface area contributed by atoms with Gasteiger partial charge in [-0.2, -0.15) is 0 Å². The van der Waals surface area contributed by atoms with Crippen LogP contribution in [-0.2, 0) is 27.4 Å². The average molecular weight is 521 g/mol. The van der Waals surface area contributed by atoms with Crippen LogP contribution in [0.4, 0.5) is 5.69 Å². The number of hydrogen-bond acceptors (Lipinski definition) is 9. The van der Waals surface area contributed by atoms with E-state index >= 15 is 0 Å². The molecule has 0 aliphatic heterocycles. The lowest BCUT2D eigenvalue weighted by Crippen LogP contribution is -2.58. The monoisotopic (exact) mass is 520 g/mol. The summed E-state index contributed by atoms with van der Waals surface area (Å²) < 4.78 is 10.8. The first kappa shape index (κ1) is 26.4. The number of hydrogen-bond donors (Lipinski definition) is 2. The molecule has 0 spiro atoms. The minimum absolute atomic E-state index is 0.0402. The molecule has 3 rings (SSSR count). The molecule has 0 radical (unpaired) electrons. The van der Waals surface area contributed by atoms with Gasteiger partial charge in [0.05, 0.1) is 0 Å². The van der Waals surface area contributed by atoms with E-state index in [9.17, 15) is 9.59 Å². The van der Waals surface area contributed by atoms with Gasteiger partial charge >= 0.3 is 11.9 Å². The summed E-state index contributed by atoms with van der Waals surface area (Å²) in [6, 6.07) is 15.8. The minimum atomic E-state index is -2.08. The number of carbonyl (C=O) groups excluding carboxylic acids is 2. The molecule has 12 heteroatoms. The first-order valence-corrected chi connectivity index (χ1v) is 11.9. The average Bonchev–Trinajstić information content (AvgIpc) is 3.40. The fraction of sp³-hybridized carbons (Fsp3) is 0.348. The SMILES string of the molecule is NC(CCc1nnn[nH]1)(C(=O)OCc1ccccc1)C(=O)Oc1ccc(N(CCCl)CCCl)cc1. The number of anilines is 1. The van der Waals surface area contributed by atoms with Crippen LogP contribution in [0.2, 0.25) is 0 Å². The van der Waals surface area contributed by atoms with Gasteiger partial charge in [-0.15, -0.1) is 28.3 Å². The number of rotatable bonds is 13. The third-order valence-electron chi connectivity index (χ3n) is 5.21. The number of nitrogens with two attached hydrogens (primary N) is 1. The Bertz CT molecular complexity index is 1060. The number of aromatic nitrogens is 4. The number of carbonyl (C=O) groups is 2. The van der Waals surface area contributed by atoms with E-state index in [4.69, 9.17) is 38.4 Å². The zero-order valence-corrected chi connectivity index (χ0v) is 20.4. The molecule has 0 amide bonds. The Labute approximate surface area is 212 Å². The smallest absolute Gasteiger partial charge is 0.343 e. The number of halogens is 2. The summed E-state index contributed by atoms with van der Waals surface area (Å²) >= 11 is 11.7. The normalized spacial score (nSPS) is 12.5. The predicted octanol–water partition coefficient (Wildman–Crippen LogP) is 2.46. The van der Waals surface area contributed by atoms with E-state index in [-0.39, 0.29) is 25.2 Å². The summed E-state index contributed by atoms with van der Waals surface area (Å²) in [5.74, 6) is -0.390. The number of esters is 2. The van der Waals surface area contributed by atoms with Gasteiger partial charge < -0.3 is 20.1 Å². The van der Waals surface area contributed by atoms with Crippen LogP contribution in [0.15, 0.2) is 54.6 Å². The number of nitrogens with one attached hydrogen (secondary N) is 1. The first-order chi connectivity index (χ1) is 17.0. The maximum atomic E-state index is 13.1. The fourth-order valence-electron chi connectivity index (χ4n) is 3.24. The molecule has 35 heavy (non-hydrogen) atoms. The quantitative estimate of drug-likeness (QED) is 0.150. The zero-order valence-electron chi connectivity index (χ0n) is 18.9. The molecular formula is C23H26Cl2N6O4. The number of ether oxygens (including phenoxy) is 2. The van der Waals surface area contributed by atoms with Crippen molar-refractivity contribution in [2.24, 2.45) is 5.73 Å². The van der Waals surface area contributed by atoms with Gasteiger partial charge in [0.1, 0.15) is 18.2 Å². The van der Waals surface area contributed by atoms with Gasteiger partial charge in [0.25, 0.3) is 0 Å². The number of aryl methyl sites for hydroxylation is 1. The second-order valence-corrected chi connectivity index (χ2v) is 8.39. The van der Waals surface area contributed by atoms with Crippen LogP contribution < -0.4 is 15.4 Å². The molecule has 2 aromatic carbocycles. The fourth-order valence-corrected chi connectivity index (χ4v) is 3.64. The number of tetrazole rings is 1. The van der Waals surface area contributed by atoms with Crippen LogP contribution in [0.5, 0.6) is 5.75 Å². The van der Waals surface area contributed by atoms with Crippen molar-refractivity contribution in [1.29, 1.82) is 0 Å². The molecule has 186 valence electrons. The highest BCUT2D eigenvalue weighted by Crippen LogP contribution is 2.23. The Morgan fingerprint density at radius 2 is 1.69 bits per heavy atom. The standard InChI is InChI=1S/C23H26Cl2N6O4/c24-12-14-31(15-13-25)18-6-8-19(9-7-18)35-22(33)23(26,11-10-20-27-29-30-28-20)21(32)34-16-17-4-2-1-3-5-17/h1-9H,10-16,26H2,(H,27,28,29,30). The van der Waals surface area contributed by atoms with E-state index in [0.29, 0.717) is 30.7 Å². The summed E-state index contributed by atoms with van der Waals surface area (Å²) in [4.78, 5) is 28.1. The first-order valence-electron chi connectivity index (χ1n) is 10.9. The highest BCUT2D eigenvalue weighted by atomic mass is 35.5. The largest absolute Gasteiger partial charge is 0.459 e. The lowest BCUT2D eigenvalue weighted by molar-refractivity contribution is -0.161. The highest BCUT2D eigenvalue weighted by molar-refractivity contribution is 6.18. The lowest BCUT2D eigenvalue weighted by atomic mass is 9.94. The number of H-pyrrole nitrogens is 1. The van der Waals surface area contributed by atoms with Gasteiger partial charge in [0.15, 0.2) is 0 Å². The van der Waals surface area contributed by atoms with Crippen molar-refractivity contribution in [1.82, 2.24) is 20.6 Å². The maximum absolute atomic E-state index is 13.1. The Balaban J connectivity index is 1.73. The van der Waals surface area contributed by atoms with Crippen molar-refractivity contribution in [3.8, 4) is 5.75 Å². The molecule has 1 heterocycles. The Hall–Kier alpha value is -3.21. The minimum Gasteiger partial charge on any atom is -0.459 e. The second-order valence-electron chi connectivity index (χ2n) is 7.63. The molecule has 0 saturated carbocycles. The van der Waals surface area contributed by atoms with Crippen LogP contribution in [0.3, 0.4) is 0 Å². The number of aromatic amines is 1. The molecule has 3 N–H and O–H groups in total. The number of benzene rings is 2. The molecular weight excluding hydrogens is 495 g/mol. The highest BCUT2D eigenvalue weighted by Gasteiger charge is 2.45. The molecule has 10 nitrogen and oxygen atoms in total. The van der Waals surface area contributed by atoms with Crippen molar-refractivity contribution in [2.45, 2.75) is 25.0 Å². The Kier molecular flexibility index (Phi) is 9.83. The molecule has 0 saturated heterocycles. The van der Waals surface area contributed by atoms with Crippen molar-refractivity contribution in [3.63, 3.8) is 0 Å². The molecule has 3 aromatic rings.